The lowest BCUT2D eigenvalue weighted by Gasteiger charge is -2.24. The Morgan fingerprint density at radius 1 is 1.35 bits per heavy atom. The maximum absolute atomic E-state index is 13.3. The fourth-order valence-corrected chi connectivity index (χ4v) is 2.16. The summed E-state index contributed by atoms with van der Waals surface area (Å²) in [5.41, 5.74) is 0.447. The van der Waals surface area contributed by atoms with Gasteiger partial charge in [-0.3, -0.25) is 10.1 Å². The van der Waals surface area contributed by atoms with Crippen LogP contribution in [-0.2, 0) is 4.79 Å². The number of benzene rings is 1. The van der Waals surface area contributed by atoms with E-state index in [1.165, 1.54) is 18.2 Å². The first-order chi connectivity index (χ1) is 9.35. The first-order valence-electron chi connectivity index (χ1n) is 6.81. The van der Waals surface area contributed by atoms with Gasteiger partial charge >= 0.3 is 0 Å². The van der Waals surface area contributed by atoms with Crippen LogP contribution >= 0.6 is 0 Å². The minimum Gasteiger partial charge on any atom is -0.508 e. The Kier molecular flexibility index (Phi) is 5.95. The zero-order valence-electron chi connectivity index (χ0n) is 12.4. The van der Waals surface area contributed by atoms with Gasteiger partial charge < -0.3 is 10.4 Å². The number of halogens is 1. The third-order valence-electron chi connectivity index (χ3n) is 3.18. The lowest BCUT2D eigenvalue weighted by molar-refractivity contribution is -0.123. The number of phenolic OH excluding ortho intramolecular Hbond substituents is 1. The summed E-state index contributed by atoms with van der Waals surface area (Å²) < 4.78 is 13.3. The Morgan fingerprint density at radius 2 is 2.00 bits per heavy atom. The van der Waals surface area contributed by atoms with Gasteiger partial charge in [-0.1, -0.05) is 13.8 Å². The number of amides is 1. The molecular formula is C15H23FN2O2. The molecule has 20 heavy (non-hydrogen) atoms. The first kappa shape index (κ1) is 16.4. The van der Waals surface area contributed by atoms with Crippen molar-refractivity contribution < 1.29 is 14.3 Å². The molecule has 5 heteroatoms. The van der Waals surface area contributed by atoms with Gasteiger partial charge in [-0.2, -0.15) is 0 Å². The lowest BCUT2D eigenvalue weighted by Crippen LogP contribution is -2.44. The minimum absolute atomic E-state index is 0.0200. The van der Waals surface area contributed by atoms with E-state index in [9.17, 15) is 14.3 Å². The minimum atomic E-state index is -0.410. The van der Waals surface area contributed by atoms with Crippen molar-refractivity contribution in [1.82, 2.24) is 10.6 Å². The van der Waals surface area contributed by atoms with Crippen molar-refractivity contribution in [1.29, 1.82) is 0 Å². The highest BCUT2D eigenvalue weighted by Crippen LogP contribution is 2.25. The fraction of sp³-hybridized carbons (Fsp3) is 0.533. The molecule has 0 aliphatic rings. The molecule has 0 saturated heterocycles. The van der Waals surface area contributed by atoms with Gasteiger partial charge in [0.25, 0.3) is 0 Å². The summed E-state index contributed by atoms with van der Waals surface area (Å²) in [6, 6.07) is 3.10. The molecule has 0 aliphatic heterocycles. The number of rotatable bonds is 6. The zero-order chi connectivity index (χ0) is 15.3. The fourth-order valence-electron chi connectivity index (χ4n) is 2.16. The van der Waals surface area contributed by atoms with Crippen LogP contribution in [-0.4, -0.2) is 24.1 Å². The average molecular weight is 282 g/mol. The highest BCUT2D eigenvalue weighted by molar-refractivity contribution is 5.81. The van der Waals surface area contributed by atoms with Crippen LogP contribution in [0.1, 0.15) is 38.8 Å². The van der Waals surface area contributed by atoms with Crippen molar-refractivity contribution in [3.05, 3.63) is 29.6 Å². The number of phenols is 1. The van der Waals surface area contributed by atoms with Crippen LogP contribution in [0.25, 0.3) is 0 Å². The van der Waals surface area contributed by atoms with E-state index in [0.717, 1.165) is 0 Å². The quantitative estimate of drug-likeness (QED) is 0.750. The molecule has 0 radical (unpaired) electrons. The summed E-state index contributed by atoms with van der Waals surface area (Å²) in [6.07, 6.45) is 0.667. The van der Waals surface area contributed by atoms with Crippen molar-refractivity contribution in [3.63, 3.8) is 0 Å². The molecular weight excluding hydrogens is 259 g/mol. The molecule has 0 heterocycles. The Labute approximate surface area is 119 Å². The highest BCUT2D eigenvalue weighted by Gasteiger charge is 2.22. The largest absolute Gasteiger partial charge is 0.508 e. The van der Waals surface area contributed by atoms with Crippen LogP contribution in [0.5, 0.6) is 5.75 Å². The van der Waals surface area contributed by atoms with Crippen molar-refractivity contribution in [2.75, 3.05) is 7.05 Å². The molecule has 0 bridgehead atoms. The normalized spacial score (nSPS) is 14.1. The standard InChI is InChI=1S/C15H23FN2O2/c1-9(2)7-13(15(20)17-4)18-10(3)12-8-11(16)5-6-14(12)19/h5-6,8-10,13,18-19H,7H2,1-4H3,(H,17,20). The number of likely N-dealkylation sites (N-methyl/N-ethyl adjacent to an activating group) is 1. The zero-order valence-corrected chi connectivity index (χ0v) is 12.4. The summed E-state index contributed by atoms with van der Waals surface area (Å²) in [5.74, 6) is -0.155. The summed E-state index contributed by atoms with van der Waals surface area (Å²) in [6.45, 7) is 5.86. The van der Waals surface area contributed by atoms with Crippen LogP contribution in [0.2, 0.25) is 0 Å². The molecule has 0 aliphatic carbocycles. The molecule has 4 nitrogen and oxygen atoms in total. The SMILES string of the molecule is CNC(=O)C(CC(C)C)NC(C)c1cc(F)ccc1O. The second-order valence-electron chi connectivity index (χ2n) is 5.39. The second kappa shape index (κ2) is 7.24. The Bertz CT molecular complexity index is 463. The van der Waals surface area contributed by atoms with Gasteiger partial charge in [-0.05, 0) is 37.5 Å². The van der Waals surface area contributed by atoms with Crippen LogP contribution in [0, 0.1) is 11.7 Å². The Morgan fingerprint density at radius 3 is 2.55 bits per heavy atom. The first-order valence-corrected chi connectivity index (χ1v) is 6.81. The number of nitrogens with one attached hydrogen (secondary N) is 2. The van der Waals surface area contributed by atoms with Gasteiger partial charge in [0, 0.05) is 18.7 Å². The van der Waals surface area contributed by atoms with E-state index >= 15 is 0 Å². The van der Waals surface area contributed by atoms with E-state index in [1.54, 1.807) is 14.0 Å². The van der Waals surface area contributed by atoms with Gasteiger partial charge in [0.15, 0.2) is 0 Å². The highest BCUT2D eigenvalue weighted by atomic mass is 19.1. The third-order valence-corrected chi connectivity index (χ3v) is 3.18. The molecule has 1 aromatic rings. The van der Waals surface area contributed by atoms with Gasteiger partial charge in [-0.25, -0.2) is 4.39 Å². The predicted octanol–water partition coefficient (Wildman–Crippen LogP) is 2.34. The van der Waals surface area contributed by atoms with E-state index in [-0.39, 0.29) is 23.7 Å². The van der Waals surface area contributed by atoms with E-state index in [0.29, 0.717) is 17.9 Å². The molecule has 1 amide bonds. The molecule has 0 saturated carbocycles. The van der Waals surface area contributed by atoms with Crippen molar-refractivity contribution in [2.45, 2.75) is 39.3 Å². The second-order valence-corrected chi connectivity index (χ2v) is 5.39. The van der Waals surface area contributed by atoms with Crippen LogP contribution < -0.4 is 10.6 Å². The molecule has 0 aromatic heterocycles. The van der Waals surface area contributed by atoms with Gasteiger partial charge in [0.1, 0.15) is 11.6 Å². The molecule has 2 atom stereocenters. The van der Waals surface area contributed by atoms with Crippen molar-refractivity contribution in [2.24, 2.45) is 5.92 Å². The van der Waals surface area contributed by atoms with Crippen LogP contribution in [0.15, 0.2) is 18.2 Å². The molecule has 2 unspecified atom stereocenters. The number of aromatic hydroxyl groups is 1. The molecule has 0 fully saturated rings. The molecule has 1 rings (SSSR count). The van der Waals surface area contributed by atoms with E-state index in [2.05, 4.69) is 10.6 Å². The van der Waals surface area contributed by atoms with Gasteiger partial charge in [0.2, 0.25) is 5.91 Å². The average Bonchev–Trinajstić information content (AvgIpc) is 2.39. The lowest BCUT2D eigenvalue weighted by atomic mass is 10.00. The Hall–Kier alpha value is -1.62. The molecule has 1 aromatic carbocycles. The number of hydrogen-bond donors (Lipinski definition) is 3. The van der Waals surface area contributed by atoms with Gasteiger partial charge in [0.05, 0.1) is 6.04 Å². The van der Waals surface area contributed by atoms with Gasteiger partial charge in [-0.15, -0.1) is 0 Å². The van der Waals surface area contributed by atoms with E-state index < -0.39 is 5.82 Å². The van der Waals surface area contributed by atoms with E-state index in [4.69, 9.17) is 0 Å². The molecule has 0 spiro atoms. The van der Waals surface area contributed by atoms with Crippen LogP contribution in [0.4, 0.5) is 4.39 Å². The molecule has 3 N–H and O–H groups in total. The summed E-state index contributed by atoms with van der Waals surface area (Å²) in [7, 11) is 1.58. The smallest absolute Gasteiger partial charge is 0.236 e. The summed E-state index contributed by atoms with van der Waals surface area (Å²) in [5, 5.41) is 15.5. The van der Waals surface area contributed by atoms with Crippen molar-refractivity contribution in [3.8, 4) is 5.75 Å². The topological polar surface area (TPSA) is 61.4 Å². The van der Waals surface area contributed by atoms with Crippen molar-refractivity contribution >= 4 is 5.91 Å². The number of carbonyl (C=O) groups is 1. The molecule has 112 valence electrons. The summed E-state index contributed by atoms with van der Waals surface area (Å²) >= 11 is 0. The van der Waals surface area contributed by atoms with E-state index in [1.807, 2.05) is 13.8 Å². The number of hydrogen-bond acceptors (Lipinski definition) is 3. The maximum Gasteiger partial charge on any atom is 0.236 e. The Balaban J connectivity index is 2.86. The maximum atomic E-state index is 13.3. The summed E-state index contributed by atoms with van der Waals surface area (Å²) in [4.78, 5) is 11.9. The third kappa shape index (κ3) is 4.49. The predicted molar refractivity (Wildman–Crippen MR) is 76.9 cm³/mol. The monoisotopic (exact) mass is 282 g/mol. The number of carbonyl (C=O) groups excluding carboxylic acids is 1. The van der Waals surface area contributed by atoms with Crippen LogP contribution in [0.3, 0.4) is 0 Å².